The van der Waals surface area contributed by atoms with Gasteiger partial charge >= 0.3 is 0 Å². The number of para-hydroxylation sites is 1. The molecule has 140 valence electrons. The van der Waals surface area contributed by atoms with Crippen molar-refractivity contribution in [2.45, 2.75) is 38.9 Å². The predicted octanol–water partition coefficient (Wildman–Crippen LogP) is 0.733. The van der Waals surface area contributed by atoms with E-state index >= 15 is 0 Å². The fourth-order valence-corrected chi connectivity index (χ4v) is 3.18. The minimum Gasteiger partial charge on any atom is -0.309 e. The second-order valence-corrected chi connectivity index (χ2v) is 6.39. The average molecular weight is 367 g/mol. The van der Waals surface area contributed by atoms with Gasteiger partial charge in [0, 0.05) is 12.0 Å². The minimum absolute atomic E-state index is 0.138. The van der Waals surface area contributed by atoms with E-state index in [1.807, 2.05) is 37.3 Å². The van der Waals surface area contributed by atoms with Crippen LogP contribution < -0.4 is 16.2 Å². The van der Waals surface area contributed by atoms with Crippen molar-refractivity contribution in [3.8, 4) is 5.69 Å². The zero-order valence-electron chi connectivity index (χ0n) is 15.1. The normalized spacial score (nSPS) is 19.3. The van der Waals surface area contributed by atoms with E-state index in [9.17, 15) is 4.79 Å². The Balaban J connectivity index is 1.55. The number of tetrazole rings is 1. The standard InChI is InChI=1S/C17H21N9O/c1-3-13-11(2)16(26(22-13)12-7-5-4-6-8-12)19-17(27)14-9-15(21-20-14)25-10-18-23-24-25/h4-8,10,14-15,20-21H,3,9H2,1-2H3,(H,19,27). The van der Waals surface area contributed by atoms with Crippen LogP contribution in [0.3, 0.4) is 0 Å². The van der Waals surface area contributed by atoms with Crippen LogP contribution in [0.4, 0.5) is 5.82 Å². The third-order valence-electron chi connectivity index (χ3n) is 4.68. The molecule has 1 fully saturated rings. The lowest BCUT2D eigenvalue weighted by Crippen LogP contribution is -2.40. The van der Waals surface area contributed by atoms with E-state index in [-0.39, 0.29) is 12.1 Å². The fourth-order valence-electron chi connectivity index (χ4n) is 3.18. The molecule has 1 aromatic carbocycles. The predicted molar refractivity (Wildman–Crippen MR) is 97.8 cm³/mol. The minimum atomic E-state index is -0.414. The van der Waals surface area contributed by atoms with Crippen LogP contribution in [0.2, 0.25) is 0 Å². The maximum Gasteiger partial charge on any atom is 0.244 e. The summed E-state index contributed by atoms with van der Waals surface area (Å²) in [6.07, 6.45) is 2.65. The summed E-state index contributed by atoms with van der Waals surface area (Å²) in [5.41, 5.74) is 8.88. The number of aromatic nitrogens is 6. The molecule has 0 spiro atoms. The molecule has 0 radical (unpaired) electrons. The number of carbonyl (C=O) groups excluding carboxylic acids is 1. The van der Waals surface area contributed by atoms with Crippen molar-refractivity contribution >= 4 is 11.7 Å². The molecule has 2 unspecified atom stereocenters. The van der Waals surface area contributed by atoms with Crippen LogP contribution in [0.1, 0.15) is 30.8 Å². The molecule has 0 saturated carbocycles. The summed E-state index contributed by atoms with van der Waals surface area (Å²) in [6, 6.07) is 9.36. The van der Waals surface area contributed by atoms with E-state index in [4.69, 9.17) is 0 Å². The van der Waals surface area contributed by atoms with E-state index < -0.39 is 6.04 Å². The van der Waals surface area contributed by atoms with Gasteiger partial charge in [-0.1, -0.05) is 25.1 Å². The Hall–Kier alpha value is -3.11. The summed E-state index contributed by atoms with van der Waals surface area (Å²) in [5, 5.41) is 18.8. The summed E-state index contributed by atoms with van der Waals surface area (Å²) in [6.45, 7) is 4.03. The lowest BCUT2D eigenvalue weighted by atomic mass is 10.2. The number of rotatable bonds is 5. The van der Waals surface area contributed by atoms with Gasteiger partial charge in [-0.05, 0) is 35.9 Å². The highest BCUT2D eigenvalue weighted by Crippen LogP contribution is 2.24. The SMILES string of the molecule is CCc1nn(-c2ccccc2)c(NC(=O)C2CC(n3cnnn3)NN2)c1C. The van der Waals surface area contributed by atoms with Crippen LogP contribution in [-0.2, 0) is 11.2 Å². The van der Waals surface area contributed by atoms with Crippen LogP contribution in [0.5, 0.6) is 0 Å². The summed E-state index contributed by atoms with van der Waals surface area (Å²) in [5.74, 6) is 0.552. The number of benzene rings is 1. The van der Waals surface area contributed by atoms with Crippen molar-refractivity contribution in [3.63, 3.8) is 0 Å². The first-order valence-electron chi connectivity index (χ1n) is 8.85. The van der Waals surface area contributed by atoms with Crippen molar-refractivity contribution in [2.75, 3.05) is 5.32 Å². The molecule has 1 aliphatic heterocycles. The van der Waals surface area contributed by atoms with Gasteiger partial charge in [-0.25, -0.2) is 20.2 Å². The highest BCUT2D eigenvalue weighted by molar-refractivity contribution is 5.95. The maximum atomic E-state index is 12.8. The Morgan fingerprint density at radius 2 is 2.11 bits per heavy atom. The monoisotopic (exact) mass is 367 g/mol. The number of carbonyl (C=O) groups is 1. The summed E-state index contributed by atoms with van der Waals surface area (Å²) >= 11 is 0. The van der Waals surface area contributed by atoms with Crippen molar-refractivity contribution in [1.29, 1.82) is 0 Å². The van der Waals surface area contributed by atoms with Crippen molar-refractivity contribution < 1.29 is 4.79 Å². The Labute approximate surface area is 155 Å². The van der Waals surface area contributed by atoms with Crippen LogP contribution >= 0.6 is 0 Å². The first kappa shape index (κ1) is 17.3. The summed E-state index contributed by atoms with van der Waals surface area (Å²) in [4.78, 5) is 12.8. The van der Waals surface area contributed by atoms with Gasteiger partial charge in [-0.2, -0.15) is 5.10 Å². The molecule has 10 heteroatoms. The lowest BCUT2D eigenvalue weighted by molar-refractivity contribution is -0.118. The van der Waals surface area contributed by atoms with Gasteiger partial charge in [0.2, 0.25) is 5.91 Å². The number of hydrogen-bond acceptors (Lipinski definition) is 7. The molecule has 2 atom stereocenters. The number of nitrogens with zero attached hydrogens (tertiary/aromatic N) is 6. The second kappa shape index (κ2) is 7.25. The Morgan fingerprint density at radius 1 is 1.30 bits per heavy atom. The number of anilines is 1. The molecule has 4 rings (SSSR count). The average Bonchev–Trinajstić information content (AvgIpc) is 3.43. The third-order valence-corrected chi connectivity index (χ3v) is 4.68. The van der Waals surface area contributed by atoms with Crippen molar-refractivity contribution in [3.05, 3.63) is 47.9 Å². The van der Waals surface area contributed by atoms with Gasteiger partial charge < -0.3 is 5.32 Å². The van der Waals surface area contributed by atoms with Crippen molar-refractivity contribution in [2.24, 2.45) is 0 Å². The molecular weight excluding hydrogens is 346 g/mol. The molecule has 1 amide bonds. The molecule has 1 aliphatic rings. The molecule has 3 N–H and O–H groups in total. The number of hydrazine groups is 1. The molecule has 1 saturated heterocycles. The molecule has 3 aromatic rings. The smallest absolute Gasteiger partial charge is 0.244 e. The molecule has 10 nitrogen and oxygen atoms in total. The molecule has 0 bridgehead atoms. The van der Waals surface area contributed by atoms with E-state index in [1.54, 1.807) is 9.36 Å². The van der Waals surface area contributed by atoms with E-state index in [0.717, 1.165) is 23.4 Å². The quantitative estimate of drug-likeness (QED) is 0.609. The summed E-state index contributed by atoms with van der Waals surface area (Å²) < 4.78 is 3.36. The highest BCUT2D eigenvalue weighted by Gasteiger charge is 2.32. The fraction of sp³-hybridized carbons (Fsp3) is 0.353. The third kappa shape index (κ3) is 3.32. The van der Waals surface area contributed by atoms with Gasteiger partial charge in [0.25, 0.3) is 0 Å². The van der Waals surface area contributed by atoms with Crippen molar-refractivity contribution in [1.82, 2.24) is 40.8 Å². The second-order valence-electron chi connectivity index (χ2n) is 6.39. The van der Waals surface area contributed by atoms with Gasteiger partial charge in [0.15, 0.2) is 0 Å². The first-order chi connectivity index (χ1) is 13.2. The van der Waals surface area contributed by atoms with Gasteiger partial charge in [-0.3, -0.25) is 4.79 Å². The van der Waals surface area contributed by atoms with E-state index in [2.05, 4.69) is 43.7 Å². The zero-order valence-corrected chi connectivity index (χ0v) is 15.1. The van der Waals surface area contributed by atoms with Gasteiger partial charge in [-0.15, -0.1) is 5.10 Å². The molecule has 27 heavy (non-hydrogen) atoms. The number of hydrogen-bond donors (Lipinski definition) is 3. The molecule has 2 aromatic heterocycles. The van der Waals surface area contributed by atoms with Gasteiger partial charge in [0.05, 0.1) is 11.4 Å². The van der Waals surface area contributed by atoms with Crippen LogP contribution in [0.25, 0.3) is 5.69 Å². The topological polar surface area (TPSA) is 115 Å². The van der Waals surface area contributed by atoms with Crippen LogP contribution in [0.15, 0.2) is 36.7 Å². The number of amides is 1. The largest absolute Gasteiger partial charge is 0.309 e. The zero-order chi connectivity index (χ0) is 18.8. The van der Waals surface area contributed by atoms with E-state index in [1.165, 1.54) is 6.33 Å². The number of aryl methyl sites for hydroxylation is 1. The van der Waals surface area contributed by atoms with Gasteiger partial charge in [0.1, 0.15) is 24.4 Å². The highest BCUT2D eigenvalue weighted by atomic mass is 16.2. The Kier molecular flexibility index (Phi) is 4.65. The Bertz CT molecular complexity index is 920. The van der Waals surface area contributed by atoms with E-state index in [0.29, 0.717) is 12.2 Å². The Morgan fingerprint density at radius 3 is 2.81 bits per heavy atom. The number of nitrogens with one attached hydrogen (secondary N) is 3. The first-order valence-corrected chi connectivity index (χ1v) is 8.85. The molecular formula is C17H21N9O. The summed E-state index contributed by atoms with van der Waals surface area (Å²) in [7, 11) is 0. The molecule has 3 heterocycles. The lowest BCUT2D eigenvalue weighted by Gasteiger charge is -2.13. The van der Waals surface area contributed by atoms with Crippen LogP contribution in [-0.4, -0.2) is 41.9 Å². The molecule has 0 aliphatic carbocycles. The maximum absolute atomic E-state index is 12.8. The van der Waals surface area contributed by atoms with Crippen LogP contribution in [0, 0.1) is 6.92 Å².